The van der Waals surface area contributed by atoms with Crippen molar-refractivity contribution in [1.82, 2.24) is 19.9 Å². The highest BCUT2D eigenvalue weighted by Gasteiger charge is 2.18. The van der Waals surface area contributed by atoms with E-state index in [1.54, 1.807) is 12.5 Å². The Hall–Kier alpha value is -2.09. The van der Waals surface area contributed by atoms with Crippen LogP contribution in [0, 0.1) is 0 Å². The normalized spacial score (nSPS) is 11.4. The summed E-state index contributed by atoms with van der Waals surface area (Å²) in [5.74, 6) is 0.0546. The number of nitrogens with one attached hydrogen (secondary N) is 2. The van der Waals surface area contributed by atoms with Gasteiger partial charge >= 0.3 is 0 Å². The molecule has 21 heavy (non-hydrogen) atoms. The summed E-state index contributed by atoms with van der Waals surface area (Å²) in [5, 5.41) is 6.69. The minimum Gasteiger partial charge on any atom is -0.382 e. The Kier molecular flexibility index (Phi) is 4.46. The number of nitrogens with zero attached hydrogens (tertiary/aromatic N) is 3. The summed E-state index contributed by atoms with van der Waals surface area (Å²) < 4.78 is 1.89. The molecular weight excluding hydrogens is 288 g/mol. The third-order valence-electron chi connectivity index (χ3n) is 2.56. The molecule has 0 saturated heterocycles. The molecule has 4 N–H and O–H groups in total. The van der Waals surface area contributed by atoms with Crippen molar-refractivity contribution < 1.29 is 4.79 Å². The topological polar surface area (TPSA) is 97.9 Å². The van der Waals surface area contributed by atoms with Crippen molar-refractivity contribution in [3.63, 3.8) is 0 Å². The fraction of sp³-hybridized carbons (Fsp3) is 0.462. The van der Waals surface area contributed by atoms with Crippen LogP contribution in [-0.2, 0) is 6.54 Å². The van der Waals surface area contributed by atoms with E-state index in [2.05, 4.69) is 20.6 Å². The quantitative estimate of drug-likeness (QED) is 0.778. The third kappa shape index (κ3) is 4.45. The molecule has 114 valence electrons. The van der Waals surface area contributed by atoms with Crippen LogP contribution in [0.5, 0.6) is 0 Å². The number of carbonyl (C=O) groups excluding carboxylic acids is 1. The van der Waals surface area contributed by atoms with Crippen molar-refractivity contribution in [3.8, 4) is 0 Å². The van der Waals surface area contributed by atoms with Gasteiger partial charge in [-0.15, -0.1) is 0 Å². The predicted molar refractivity (Wildman–Crippen MR) is 84.5 cm³/mol. The molecule has 8 heteroatoms. The number of anilines is 2. The van der Waals surface area contributed by atoms with Gasteiger partial charge in [-0.05, 0) is 20.8 Å². The molecule has 0 aliphatic rings. The average molecular weight is 308 g/mol. The van der Waals surface area contributed by atoms with Crippen molar-refractivity contribution in [2.24, 2.45) is 0 Å². The number of amides is 1. The van der Waals surface area contributed by atoms with Gasteiger partial charge in [-0.3, -0.25) is 4.79 Å². The number of nitrogens with two attached hydrogens (primary N) is 1. The number of hydrogen-bond acceptors (Lipinski definition) is 6. The van der Waals surface area contributed by atoms with Gasteiger partial charge in [-0.2, -0.15) is 0 Å². The van der Waals surface area contributed by atoms with E-state index in [-0.39, 0.29) is 17.3 Å². The van der Waals surface area contributed by atoms with Crippen molar-refractivity contribution in [2.75, 3.05) is 17.6 Å². The van der Waals surface area contributed by atoms with Crippen LogP contribution in [0.25, 0.3) is 0 Å². The van der Waals surface area contributed by atoms with Crippen LogP contribution in [-0.4, -0.2) is 32.5 Å². The van der Waals surface area contributed by atoms with Crippen LogP contribution in [0.1, 0.15) is 30.4 Å². The smallest absolute Gasteiger partial charge is 0.265 e. The summed E-state index contributed by atoms with van der Waals surface area (Å²) in [6.45, 7) is 7.24. The van der Waals surface area contributed by atoms with Crippen molar-refractivity contribution in [1.29, 1.82) is 0 Å². The Bertz CT molecular complexity index is 599. The van der Waals surface area contributed by atoms with Crippen LogP contribution >= 0.6 is 11.3 Å². The van der Waals surface area contributed by atoms with E-state index in [1.807, 2.05) is 31.5 Å². The molecule has 0 aromatic carbocycles. The lowest BCUT2D eigenvalue weighted by molar-refractivity contribution is 0.0957. The average Bonchev–Trinajstić information content (AvgIpc) is 2.97. The molecule has 2 heterocycles. The largest absolute Gasteiger partial charge is 0.382 e. The molecule has 0 aliphatic heterocycles. The molecule has 0 atom stereocenters. The number of nitrogen functional groups attached to an aromatic ring is 1. The first kappa shape index (κ1) is 15.3. The Balaban J connectivity index is 1.92. The molecular formula is C13H20N6OS. The predicted octanol–water partition coefficient (Wildman–Crippen LogP) is 1.56. The van der Waals surface area contributed by atoms with Crippen LogP contribution in [0.2, 0.25) is 0 Å². The molecule has 7 nitrogen and oxygen atoms in total. The minimum absolute atomic E-state index is 0.126. The van der Waals surface area contributed by atoms with E-state index in [9.17, 15) is 4.79 Å². The van der Waals surface area contributed by atoms with Gasteiger partial charge in [-0.25, -0.2) is 9.97 Å². The number of carbonyl (C=O) groups is 1. The summed E-state index contributed by atoms with van der Waals surface area (Å²) in [6, 6.07) is 0. The van der Waals surface area contributed by atoms with Crippen molar-refractivity contribution in [2.45, 2.75) is 32.9 Å². The lowest BCUT2D eigenvalue weighted by Crippen LogP contribution is -2.27. The minimum atomic E-state index is -0.202. The first-order valence-electron chi connectivity index (χ1n) is 6.63. The molecule has 2 rings (SSSR count). The summed E-state index contributed by atoms with van der Waals surface area (Å²) in [7, 11) is 0. The number of thiazole rings is 1. The van der Waals surface area contributed by atoms with E-state index in [0.717, 1.165) is 0 Å². The summed E-state index contributed by atoms with van der Waals surface area (Å²) in [4.78, 5) is 20.7. The number of rotatable bonds is 5. The van der Waals surface area contributed by atoms with Crippen molar-refractivity contribution in [3.05, 3.63) is 23.6 Å². The van der Waals surface area contributed by atoms with Gasteiger partial charge in [0, 0.05) is 31.0 Å². The standard InChI is InChI=1S/C13H20N6OS/c1-13(2,3)18-12-17-10(14)9(21-12)11(20)16-5-7-19-6-4-15-8-19/h4,6,8H,5,7,14H2,1-3H3,(H,16,20)(H,17,18). The first-order valence-corrected chi connectivity index (χ1v) is 7.45. The molecule has 2 aromatic heterocycles. The molecule has 0 spiro atoms. The number of hydrogen-bond donors (Lipinski definition) is 3. The van der Waals surface area contributed by atoms with Crippen LogP contribution < -0.4 is 16.4 Å². The summed E-state index contributed by atoms with van der Waals surface area (Å²) in [5.41, 5.74) is 5.69. The second-order valence-electron chi connectivity index (χ2n) is 5.66. The van der Waals surface area contributed by atoms with Gasteiger partial charge in [-0.1, -0.05) is 11.3 Å². The second kappa shape index (κ2) is 6.13. The molecule has 0 radical (unpaired) electrons. The molecule has 1 amide bonds. The van der Waals surface area contributed by atoms with E-state index >= 15 is 0 Å². The zero-order valence-electron chi connectivity index (χ0n) is 12.4. The fourth-order valence-electron chi connectivity index (χ4n) is 1.67. The maximum atomic E-state index is 12.1. The van der Waals surface area contributed by atoms with Gasteiger partial charge in [0.2, 0.25) is 0 Å². The monoisotopic (exact) mass is 308 g/mol. The number of aromatic nitrogens is 3. The zero-order chi connectivity index (χ0) is 15.5. The maximum Gasteiger partial charge on any atom is 0.265 e. The van der Waals surface area contributed by atoms with Gasteiger partial charge in [0.1, 0.15) is 10.7 Å². The van der Waals surface area contributed by atoms with Crippen molar-refractivity contribution >= 4 is 28.2 Å². The summed E-state index contributed by atoms with van der Waals surface area (Å²) in [6.07, 6.45) is 5.25. The lowest BCUT2D eigenvalue weighted by Gasteiger charge is -2.19. The Morgan fingerprint density at radius 2 is 2.24 bits per heavy atom. The zero-order valence-corrected chi connectivity index (χ0v) is 13.2. The van der Waals surface area contributed by atoms with E-state index in [4.69, 9.17) is 5.73 Å². The third-order valence-corrected chi connectivity index (χ3v) is 3.54. The van der Waals surface area contributed by atoms with Gasteiger partial charge in [0.05, 0.1) is 6.33 Å². The van der Waals surface area contributed by atoms with Gasteiger partial charge in [0.15, 0.2) is 5.13 Å². The molecule has 0 aliphatic carbocycles. The van der Waals surface area contributed by atoms with E-state index < -0.39 is 0 Å². The van der Waals surface area contributed by atoms with Crippen LogP contribution in [0.3, 0.4) is 0 Å². The van der Waals surface area contributed by atoms with Crippen LogP contribution in [0.4, 0.5) is 10.9 Å². The Morgan fingerprint density at radius 3 is 2.86 bits per heavy atom. The highest BCUT2D eigenvalue weighted by molar-refractivity contribution is 7.18. The summed E-state index contributed by atoms with van der Waals surface area (Å²) >= 11 is 1.26. The molecule has 2 aromatic rings. The van der Waals surface area contributed by atoms with Crippen LogP contribution in [0.15, 0.2) is 18.7 Å². The second-order valence-corrected chi connectivity index (χ2v) is 6.66. The maximum absolute atomic E-state index is 12.1. The van der Waals surface area contributed by atoms with E-state index in [1.165, 1.54) is 11.3 Å². The molecule has 0 unspecified atom stereocenters. The SMILES string of the molecule is CC(C)(C)Nc1nc(N)c(C(=O)NCCn2ccnc2)s1. The molecule has 0 bridgehead atoms. The molecule has 0 saturated carbocycles. The highest BCUT2D eigenvalue weighted by atomic mass is 32.1. The first-order chi connectivity index (χ1) is 9.85. The Labute approximate surface area is 127 Å². The van der Waals surface area contributed by atoms with Gasteiger partial charge < -0.3 is 20.9 Å². The van der Waals surface area contributed by atoms with Gasteiger partial charge in [0.25, 0.3) is 5.91 Å². The Morgan fingerprint density at radius 1 is 1.48 bits per heavy atom. The lowest BCUT2D eigenvalue weighted by atomic mass is 10.1. The number of imidazole rings is 1. The highest BCUT2D eigenvalue weighted by Crippen LogP contribution is 2.26. The fourth-order valence-corrected chi connectivity index (χ4v) is 2.68. The molecule has 0 fully saturated rings. The van der Waals surface area contributed by atoms with E-state index in [0.29, 0.717) is 23.1 Å².